The Labute approximate surface area is 157 Å². The molecule has 0 aliphatic carbocycles. The Morgan fingerprint density at radius 2 is 1.84 bits per heavy atom. The van der Waals surface area contributed by atoms with E-state index in [0.29, 0.717) is 10.2 Å². The van der Waals surface area contributed by atoms with Crippen molar-refractivity contribution in [2.24, 2.45) is 0 Å². The van der Waals surface area contributed by atoms with Gasteiger partial charge in [-0.25, -0.2) is 13.1 Å². The summed E-state index contributed by atoms with van der Waals surface area (Å²) in [5, 5.41) is 0. The first-order valence-corrected chi connectivity index (χ1v) is 10.3. The largest absolute Gasteiger partial charge is 0.495 e. The van der Waals surface area contributed by atoms with E-state index < -0.39 is 10.0 Å². The average molecular weight is 428 g/mol. The van der Waals surface area contributed by atoms with E-state index in [1.807, 2.05) is 24.3 Å². The second-order valence-electron chi connectivity index (χ2n) is 5.44. The molecule has 1 N–H and O–H groups in total. The van der Waals surface area contributed by atoms with E-state index >= 15 is 0 Å². The van der Waals surface area contributed by atoms with Crippen LogP contribution in [0.3, 0.4) is 0 Å². The molecule has 0 bridgehead atoms. The zero-order chi connectivity index (χ0) is 18.3. The SMILES string of the molecule is CCCc1ccc(OCCNS(=O)(=O)c2cc(Br)ccc2OC)cc1. The third kappa shape index (κ3) is 5.73. The molecule has 7 heteroatoms. The molecule has 0 aliphatic heterocycles. The van der Waals surface area contributed by atoms with E-state index in [0.717, 1.165) is 18.6 Å². The van der Waals surface area contributed by atoms with Gasteiger partial charge in [-0.1, -0.05) is 41.4 Å². The van der Waals surface area contributed by atoms with E-state index in [-0.39, 0.29) is 18.0 Å². The van der Waals surface area contributed by atoms with Crippen molar-refractivity contribution in [3.63, 3.8) is 0 Å². The van der Waals surface area contributed by atoms with Crippen molar-refractivity contribution in [1.29, 1.82) is 0 Å². The van der Waals surface area contributed by atoms with Crippen molar-refractivity contribution in [3.8, 4) is 11.5 Å². The molecule has 0 aliphatic rings. The fourth-order valence-corrected chi connectivity index (χ4v) is 4.04. The van der Waals surface area contributed by atoms with Gasteiger partial charge >= 0.3 is 0 Å². The quantitative estimate of drug-likeness (QED) is 0.618. The van der Waals surface area contributed by atoms with Crippen LogP contribution in [0.5, 0.6) is 11.5 Å². The number of benzene rings is 2. The molecule has 0 saturated carbocycles. The van der Waals surface area contributed by atoms with Crippen LogP contribution >= 0.6 is 15.9 Å². The van der Waals surface area contributed by atoms with Gasteiger partial charge in [-0.3, -0.25) is 0 Å². The summed E-state index contributed by atoms with van der Waals surface area (Å²) in [6.45, 7) is 2.54. The standard InChI is InChI=1S/C18H22BrNO4S/c1-3-4-14-5-8-16(9-6-14)24-12-11-20-25(21,22)18-13-15(19)7-10-17(18)23-2/h5-10,13,20H,3-4,11-12H2,1-2H3. The smallest absolute Gasteiger partial charge is 0.244 e. The molecule has 0 spiro atoms. The van der Waals surface area contributed by atoms with Gasteiger partial charge in [0.05, 0.1) is 7.11 Å². The highest BCUT2D eigenvalue weighted by molar-refractivity contribution is 9.10. The number of nitrogens with one attached hydrogen (secondary N) is 1. The summed E-state index contributed by atoms with van der Waals surface area (Å²) in [5.74, 6) is 1.02. The van der Waals surface area contributed by atoms with Gasteiger partial charge in [0.1, 0.15) is 23.0 Å². The monoisotopic (exact) mass is 427 g/mol. The van der Waals surface area contributed by atoms with Crippen molar-refractivity contribution in [2.45, 2.75) is 24.7 Å². The molecular weight excluding hydrogens is 406 g/mol. The molecule has 2 rings (SSSR count). The molecule has 2 aromatic carbocycles. The molecule has 0 heterocycles. The Hall–Kier alpha value is -1.57. The van der Waals surface area contributed by atoms with Crippen LogP contribution in [0, 0.1) is 0 Å². The van der Waals surface area contributed by atoms with E-state index in [2.05, 4.69) is 27.6 Å². The molecule has 0 unspecified atom stereocenters. The van der Waals surface area contributed by atoms with Crippen molar-refractivity contribution in [1.82, 2.24) is 4.72 Å². The van der Waals surface area contributed by atoms with E-state index in [4.69, 9.17) is 9.47 Å². The second-order valence-corrected chi connectivity index (χ2v) is 8.09. The number of hydrogen-bond acceptors (Lipinski definition) is 4. The Morgan fingerprint density at radius 3 is 2.48 bits per heavy atom. The van der Waals surface area contributed by atoms with Crippen LogP contribution in [0.4, 0.5) is 0 Å². The number of methoxy groups -OCH3 is 1. The van der Waals surface area contributed by atoms with Crippen LogP contribution in [0.2, 0.25) is 0 Å². The van der Waals surface area contributed by atoms with Gasteiger partial charge in [0.25, 0.3) is 0 Å². The van der Waals surface area contributed by atoms with Crippen LogP contribution in [0.25, 0.3) is 0 Å². The van der Waals surface area contributed by atoms with Crippen LogP contribution in [-0.2, 0) is 16.4 Å². The number of aryl methyl sites for hydroxylation is 1. The first-order valence-electron chi connectivity index (χ1n) is 8.01. The number of sulfonamides is 1. The van der Waals surface area contributed by atoms with Gasteiger partial charge in [-0.15, -0.1) is 0 Å². The third-order valence-electron chi connectivity index (χ3n) is 3.54. The molecule has 0 atom stereocenters. The highest BCUT2D eigenvalue weighted by atomic mass is 79.9. The summed E-state index contributed by atoms with van der Waals surface area (Å²) in [7, 11) is -2.24. The third-order valence-corrected chi connectivity index (χ3v) is 5.52. The Morgan fingerprint density at radius 1 is 1.12 bits per heavy atom. The highest BCUT2D eigenvalue weighted by Gasteiger charge is 2.19. The molecule has 0 fully saturated rings. The summed E-state index contributed by atoms with van der Waals surface area (Å²) in [4.78, 5) is 0.0910. The van der Waals surface area contributed by atoms with Crippen molar-refractivity contribution in [3.05, 3.63) is 52.5 Å². The zero-order valence-corrected chi connectivity index (χ0v) is 16.7. The molecule has 0 saturated heterocycles. The maximum Gasteiger partial charge on any atom is 0.244 e. The minimum absolute atomic E-state index is 0.0910. The minimum atomic E-state index is -3.68. The molecule has 136 valence electrons. The maximum absolute atomic E-state index is 12.4. The van der Waals surface area contributed by atoms with Crippen molar-refractivity contribution in [2.75, 3.05) is 20.3 Å². The molecule has 5 nitrogen and oxygen atoms in total. The average Bonchev–Trinajstić information content (AvgIpc) is 2.60. The van der Waals surface area contributed by atoms with E-state index in [9.17, 15) is 8.42 Å². The van der Waals surface area contributed by atoms with Crippen molar-refractivity contribution < 1.29 is 17.9 Å². The van der Waals surface area contributed by atoms with Crippen molar-refractivity contribution >= 4 is 26.0 Å². The summed E-state index contributed by atoms with van der Waals surface area (Å²) < 4.78 is 38.7. The first-order chi connectivity index (χ1) is 12.0. The predicted octanol–water partition coefficient (Wildman–Crippen LogP) is 3.77. The number of hydrogen-bond donors (Lipinski definition) is 1. The summed E-state index contributed by atoms with van der Waals surface area (Å²) in [5.41, 5.74) is 1.26. The first kappa shape index (κ1) is 19.8. The summed E-state index contributed by atoms with van der Waals surface area (Å²) in [6.07, 6.45) is 2.13. The van der Waals surface area contributed by atoms with E-state index in [1.54, 1.807) is 12.1 Å². The second kappa shape index (κ2) is 9.22. The Balaban J connectivity index is 1.91. The lowest BCUT2D eigenvalue weighted by Crippen LogP contribution is -2.28. The van der Waals surface area contributed by atoms with Crippen LogP contribution in [0.1, 0.15) is 18.9 Å². The summed E-state index contributed by atoms with van der Waals surface area (Å²) in [6, 6.07) is 12.7. The van der Waals surface area contributed by atoms with Crippen LogP contribution < -0.4 is 14.2 Å². The molecule has 2 aromatic rings. The van der Waals surface area contributed by atoms with Crippen LogP contribution in [0.15, 0.2) is 51.8 Å². The fourth-order valence-electron chi connectivity index (χ4n) is 2.32. The molecule has 0 amide bonds. The number of rotatable bonds is 9. The number of ether oxygens (including phenoxy) is 2. The van der Waals surface area contributed by atoms with E-state index in [1.165, 1.54) is 18.7 Å². The molecular formula is C18H22BrNO4S. The van der Waals surface area contributed by atoms with Gasteiger partial charge in [0.2, 0.25) is 10.0 Å². The van der Waals surface area contributed by atoms with Gasteiger partial charge in [0.15, 0.2) is 0 Å². The molecule has 25 heavy (non-hydrogen) atoms. The lowest BCUT2D eigenvalue weighted by molar-refractivity contribution is 0.322. The number of halogens is 1. The summed E-state index contributed by atoms with van der Waals surface area (Å²) >= 11 is 3.27. The highest BCUT2D eigenvalue weighted by Crippen LogP contribution is 2.26. The van der Waals surface area contributed by atoms with Gasteiger partial charge < -0.3 is 9.47 Å². The Bertz CT molecular complexity index is 791. The Kier molecular flexibility index (Phi) is 7.28. The van der Waals surface area contributed by atoms with Gasteiger partial charge in [0, 0.05) is 11.0 Å². The lowest BCUT2D eigenvalue weighted by atomic mass is 10.1. The fraction of sp³-hybridized carbons (Fsp3) is 0.333. The lowest BCUT2D eigenvalue weighted by Gasteiger charge is -2.12. The van der Waals surface area contributed by atoms with Crippen LogP contribution in [-0.4, -0.2) is 28.7 Å². The van der Waals surface area contributed by atoms with Gasteiger partial charge in [-0.05, 0) is 42.3 Å². The predicted molar refractivity (Wildman–Crippen MR) is 102 cm³/mol. The maximum atomic E-state index is 12.4. The topological polar surface area (TPSA) is 64.6 Å². The normalized spacial score (nSPS) is 11.3. The zero-order valence-electron chi connectivity index (χ0n) is 14.3. The molecule has 0 radical (unpaired) electrons. The van der Waals surface area contributed by atoms with Gasteiger partial charge in [-0.2, -0.15) is 0 Å². The molecule has 0 aromatic heterocycles. The minimum Gasteiger partial charge on any atom is -0.495 e.